The van der Waals surface area contributed by atoms with Crippen LogP contribution in [0, 0.1) is 14.9 Å². The Morgan fingerprint density at radius 2 is 2.25 bits per heavy atom. The van der Waals surface area contributed by atoms with Crippen molar-refractivity contribution < 1.29 is 0 Å². The van der Waals surface area contributed by atoms with Crippen molar-refractivity contribution in [2.45, 2.75) is 19.8 Å². The Morgan fingerprint density at radius 1 is 1.50 bits per heavy atom. The molecule has 0 heterocycles. The van der Waals surface area contributed by atoms with Gasteiger partial charge in [-0.3, -0.25) is 0 Å². The first-order valence-electron chi connectivity index (χ1n) is 3.92. The van der Waals surface area contributed by atoms with Crippen LogP contribution in [0.1, 0.15) is 18.1 Å². The van der Waals surface area contributed by atoms with Gasteiger partial charge >= 0.3 is 0 Å². The van der Waals surface area contributed by atoms with E-state index < -0.39 is 0 Å². The number of rotatable bonds is 2. The summed E-state index contributed by atoms with van der Waals surface area (Å²) in [5.74, 6) is 0. The molecule has 12 heavy (non-hydrogen) atoms. The largest absolute Gasteiger partial charge is 0.198 e. The lowest BCUT2D eigenvalue weighted by Gasteiger charge is -2.01. The third-order valence-electron chi connectivity index (χ3n) is 1.80. The Labute approximate surface area is 86.5 Å². The predicted molar refractivity (Wildman–Crippen MR) is 57.9 cm³/mol. The summed E-state index contributed by atoms with van der Waals surface area (Å²) in [6.45, 7) is 2.13. The van der Waals surface area contributed by atoms with Gasteiger partial charge in [0, 0.05) is 3.57 Å². The van der Waals surface area contributed by atoms with E-state index in [4.69, 9.17) is 5.26 Å². The van der Waals surface area contributed by atoms with Crippen LogP contribution in [0.5, 0.6) is 0 Å². The van der Waals surface area contributed by atoms with E-state index in [-0.39, 0.29) is 0 Å². The highest BCUT2D eigenvalue weighted by Gasteiger charge is 1.99. The van der Waals surface area contributed by atoms with E-state index in [1.54, 1.807) is 0 Å². The van der Waals surface area contributed by atoms with Gasteiger partial charge in [0.05, 0.1) is 12.5 Å². The Kier molecular flexibility index (Phi) is 3.54. The third-order valence-corrected chi connectivity index (χ3v) is 2.80. The maximum atomic E-state index is 8.52. The first-order chi connectivity index (χ1) is 5.77. The van der Waals surface area contributed by atoms with Gasteiger partial charge in [-0.15, -0.1) is 0 Å². The molecular weight excluding hydrogens is 261 g/mol. The second-order valence-corrected chi connectivity index (χ2v) is 3.78. The lowest BCUT2D eigenvalue weighted by atomic mass is 10.1. The monoisotopic (exact) mass is 271 g/mol. The topological polar surface area (TPSA) is 23.8 Å². The lowest BCUT2D eigenvalue weighted by molar-refractivity contribution is 1.12. The molecule has 0 N–H and O–H groups in total. The molecule has 1 aromatic carbocycles. The fourth-order valence-electron chi connectivity index (χ4n) is 1.04. The number of nitrogens with zero attached hydrogens (tertiary/aromatic N) is 1. The van der Waals surface area contributed by atoms with E-state index in [0.29, 0.717) is 6.42 Å². The molecule has 0 spiro atoms. The number of hydrogen-bond acceptors (Lipinski definition) is 1. The van der Waals surface area contributed by atoms with Gasteiger partial charge in [0.2, 0.25) is 0 Å². The number of aryl methyl sites for hydroxylation is 1. The van der Waals surface area contributed by atoms with Crippen molar-refractivity contribution in [3.8, 4) is 6.07 Å². The van der Waals surface area contributed by atoms with E-state index in [2.05, 4.69) is 47.7 Å². The Bertz CT molecular complexity index is 312. The zero-order chi connectivity index (χ0) is 8.97. The molecule has 2 heteroatoms. The molecular formula is C10H10IN. The molecule has 0 atom stereocenters. The van der Waals surface area contributed by atoms with Gasteiger partial charge in [-0.2, -0.15) is 5.26 Å². The third kappa shape index (κ3) is 2.21. The average molecular weight is 271 g/mol. The van der Waals surface area contributed by atoms with Crippen molar-refractivity contribution in [2.24, 2.45) is 0 Å². The van der Waals surface area contributed by atoms with Gasteiger partial charge in [0.15, 0.2) is 0 Å². The Hall–Kier alpha value is -0.560. The van der Waals surface area contributed by atoms with E-state index in [1.165, 1.54) is 9.13 Å². The fourth-order valence-corrected chi connectivity index (χ4v) is 1.81. The molecule has 1 nitrogen and oxygen atoms in total. The first kappa shape index (κ1) is 9.53. The van der Waals surface area contributed by atoms with E-state index >= 15 is 0 Å². The summed E-state index contributed by atoms with van der Waals surface area (Å²) >= 11 is 2.28. The highest BCUT2D eigenvalue weighted by atomic mass is 127. The molecule has 0 aliphatic heterocycles. The molecule has 0 radical (unpaired) electrons. The quantitative estimate of drug-likeness (QED) is 0.759. The van der Waals surface area contributed by atoms with Crippen molar-refractivity contribution in [2.75, 3.05) is 0 Å². The summed E-state index contributed by atoms with van der Waals surface area (Å²) in [6.07, 6.45) is 1.57. The zero-order valence-electron chi connectivity index (χ0n) is 6.97. The number of benzene rings is 1. The summed E-state index contributed by atoms with van der Waals surface area (Å²) in [5.41, 5.74) is 2.47. The summed E-state index contributed by atoms with van der Waals surface area (Å²) in [7, 11) is 0. The average Bonchev–Trinajstić information content (AvgIpc) is 2.09. The van der Waals surface area contributed by atoms with Gasteiger partial charge in [-0.05, 0) is 46.2 Å². The van der Waals surface area contributed by atoms with Crippen LogP contribution in [-0.4, -0.2) is 0 Å². The normalized spacial score (nSPS) is 9.42. The van der Waals surface area contributed by atoms with Crippen molar-refractivity contribution >= 4 is 22.6 Å². The minimum Gasteiger partial charge on any atom is -0.198 e. The molecule has 0 fully saturated rings. The van der Waals surface area contributed by atoms with Crippen LogP contribution >= 0.6 is 22.6 Å². The molecule has 0 amide bonds. The SMILES string of the molecule is CCc1ccc(CC#N)c(I)c1. The second-order valence-electron chi connectivity index (χ2n) is 2.61. The van der Waals surface area contributed by atoms with Crippen LogP contribution in [0.3, 0.4) is 0 Å². The summed E-state index contributed by atoms with van der Waals surface area (Å²) < 4.78 is 1.20. The molecule has 0 unspecified atom stereocenters. The van der Waals surface area contributed by atoms with E-state index in [9.17, 15) is 0 Å². The number of halogens is 1. The van der Waals surface area contributed by atoms with E-state index in [0.717, 1.165) is 12.0 Å². The van der Waals surface area contributed by atoms with Crippen LogP contribution in [-0.2, 0) is 12.8 Å². The standard InChI is InChI=1S/C10H10IN/c1-2-8-3-4-9(5-6-12)10(11)7-8/h3-4,7H,2,5H2,1H3. The number of hydrogen-bond donors (Lipinski definition) is 0. The van der Waals surface area contributed by atoms with Crippen molar-refractivity contribution in [3.05, 3.63) is 32.9 Å². The summed E-state index contributed by atoms with van der Waals surface area (Å²) in [6, 6.07) is 8.44. The Morgan fingerprint density at radius 3 is 2.75 bits per heavy atom. The van der Waals surface area contributed by atoms with Crippen LogP contribution in [0.15, 0.2) is 18.2 Å². The summed E-state index contributed by atoms with van der Waals surface area (Å²) in [4.78, 5) is 0. The summed E-state index contributed by atoms with van der Waals surface area (Å²) in [5, 5.41) is 8.52. The van der Waals surface area contributed by atoms with Gasteiger partial charge in [0.1, 0.15) is 0 Å². The van der Waals surface area contributed by atoms with Crippen LogP contribution in [0.4, 0.5) is 0 Å². The van der Waals surface area contributed by atoms with Crippen LogP contribution in [0.2, 0.25) is 0 Å². The lowest BCUT2D eigenvalue weighted by Crippen LogP contribution is -1.89. The molecule has 0 saturated carbocycles. The van der Waals surface area contributed by atoms with Crippen LogP contribution in [0.25, 0.3) is 0 Å². The molecule has 0 aromatic heterocycles. The second kappa shape index (κ2) is 4.46. The minimum atomic E-state index is 0.516. The van der Waals surface area contributed by atoms with Gasteiger partial charge in [-0.25, -0.2) is 0 Å². The Balaban J connectivity index is 2.97. The van der Waals surface area contributed by atoms with Gasteiger partial charge < -0.3 is 0 Å². The maximum Gasteiger partial charge on any atom is 0.0670 e. The zero-order valence-corrected chi connectivity index (χ0v) is 9.13. The van der Waals surface area contributed by atoms with Crippen molar-refractivity contribution in [1.82, 2.24) is 0 Å². The first-order valence-corrected chi connectivity index (χ1v) is 5.00. The van der Waals surface area contributed by atoms with Crippen molar-refractivity contribution in [1.29, 1.82) is 5.26 Å². The van der Waals surface area contributed by atoms with Gasteiger partial charge in [-0.1, -0.05) is 19.1 Å². The minimum absolute atomic E-state index is 0.516. The highest BCUT2D eigenvalue weighted by molar-refractivity contribution is 14.1. The molecule has 0 aliphatic carbocycles. The fraction of sp³-hybridized carbons (Fsp3) is 0.300. The molecule has 0 aliphatic rings. The van der Waals surface area contributed by atoms with Crippen LogP contribution < -0.4 is 0 Å². The maximum absolute atomic E-state index is 8.52. The molecule has 1 aromatic rings. The molecule has 0 saturated heterocycles. The van der Waals surface area contributed by atoms with Crippen molar-refractivity contribution in [3.63, 3.8) is 0 Å². The van der Waals surface area contributed by atoms with Gasteiger partial charge in [0.25, 0.3) is 0 Å². The molecule has 0 bridgehead atoms. The smallest absolute Gasteiger partial charge is 0.0670 e. The highest BCUT2D eigenvalue weighted by Crippen LogP contribution is 2.15. The van der Waals surface area contributed by atoms with E-state index in [1.807, 2.05) is 6.07 Å². The molecule has 1 rings (SSSR count). The predicted octanol–water partition coefficient (Wildman–Crippen LogP) is 2.92. The molecule has 62 valence electrons. The number of nitriles is 1.